The lowest BCUT2D eigenvalue weighted by molar-refractivity contribution is 0.197. The molecule has 0 saturated carbocycles. The van der Waals surface area contributed by atoms with Crippen LogP contribution in [0.25, 0.3) is 5.65 Å². The van der Waals surface area contributed by atoms with Gasteiger partial charge in [-0.25, -0.2) is 9.50 Å². The van der Waals surface area contributed by atoms with Gasteiger partial charge in [-0.2, -0.15) is 5.10 Å². The number of benzene rings is 1. The highest BCUT2D eigenvalue weighted by Gasteiger charge is 2.25. The van der Waals surface area contributed by atoms with E-state index in [4.69, 9.17) is 16.7 Å². The molecule has 3 heterocycles. The minimum atomic E-state index is 0.470. The predicted octanol–water partition coefficient (Wildman–Crippen LogP) is 4.18. The van der Waals surface area contributed by atoms with Gasteiger partial charge in [0.25, 0.3) is 0 Å². The van der Waals surface area contributed by atoms with Gasteiger partial charge in [-0.15, -0.1) is 0 Å². The summed E-state index contributed by atoms with van der Waals surface area (Å²) in [6.45, 7) is 9.11. The predicted molar refractivity (Wildman–Crippen MR) is 114 cm³/mol. The average Bonchev–Trinajstić information content (AvgIpc) is 3.03. The van der Waals surface area contributed by atoms with E-state index in [2.05, 4.69) is 51.8 Å². The summed E-state index contributed by atoms with van der Waals surface area (Å²) in [6.07, 6.45) is 4.34. The number of nitrogens with zero attached hydrogens (tertiary/aromatic N) is 4. The Morgan fingerprint density at radius 2 is 2.04 bits per heavy atom. The number of piperidine rings is 1. The molecule has 148 valence electrons. The standard InChI is InChI=1S/C22H28ClN5/c1-3-24-13-20-16(2)26-28-21(10-11-25-22(20)28)18-5-4-12-27(15-18)14-17-6-8-19(23)9-7-17/h6-11,18,24H,3-5,12-15H2,1-2H3. The number of halogens is 1. The van der Waals surface area contributed by atoms with Crippen molar-refractivity contribution in [1.82, 2.24) is 24.8 Å². The molecule has 1 fully saturated rings. The van der Waals surface area contributed by atoms with Gasteiger partial charge in [-0.1, -0.05) is 30.7 Å². The lowest BCUT2D eigenvalue weighted by atomic mass is 9.94. The van der Waals surface area contributed by atoms with Gasteiger partial charge in [0.05, 0.1) is 11.4 Å². The fourth-order valence-corrected chi connectivity index (χ4v) is 4.30. The first-order valence-corrected chi connectivity index (χ1v) is 10.5. The molecule has 1 saturated heterocycles. The number of hydrogen-bond acceptors (Lipinski definition) is 4. The second kappa shape index (κ2) is 8.60. The van der Waals surface area contributed by atoms with Crippen LogP contribution in [0.5, 0.6) is 0 Å². The monoisotopic (exact) mass is 397 g/mol. The largest absolute Gasteiger partial charge is 0.313 e. The van der Waals surface area contributed by atoms with Gasteiger partial charge in [-0.05, 0) is 56.6 Å². The van der Waals surface area contributed by atoms with Gasteiger partial charge in [-0.3, -0.25) is 4.90 Å². The van der Waals surface area contributed by atoms with E-state index in [1.165, 1.54) is 29.7 Å². The summed E-state index contributed by atoms with van der Waals surface area (Å²) in [5, 5.41) is 9.04. The Morgan fingerprint density at radius 1 is 1.21 bits per heavy atom. The number of fused-ring (bicyclic) bond motifs is 1. The number of nitrogens with one attached hydrogen (secondary N) is 1. The summed E-state index contributed by atoms with van der Waals surface area (Å²) in [5.74, 6) is 0.470. The third-order valence-corrected chi connectivity index (χ3v) is 5.89. The van der Waals surface area contributed by atoms with Crippen LogP contribution in [0.3, 0.4) is 0 Å². The highest BCUT2D eigenvalue weighted by atomic mass is 35.5. The molecule has 0 radical (unpaired) electrons. The smallest absolute Gasteiger partial charge is 0.159 e. The van der Waals surface area contributed by atoms with E-state index in [0.717, 1.165) is 49.1 Å². The molecule has 6 heteroatoms. The molecule has 0 spiro atoms. The van der Waals surface area contributed by atoms with E-state index in [9.17, 15) is 0 Å². The van der Waals surface area contributed by atoms with Crippen LogP contribution in [0.15, 0.2) is 36.5 Å². The number of rotatable bonds is 6. The molecular weight excluding hydrogens is 370 g/mol. The van der Waals surface area contributed by atoms with Crippen molar-refractivity contribution in [2.75, 3.05) is 19.6 Å². The summed E-state index contributed by atoms with van der Waals surface area (Å²) in [7, 11) is 0. The van der Waals surface area contributed by atoms with Crippen LogP contribution >= 0.6 is 11.6 Å². The molecule has 3 aromatic rings. The summed E-state index contributed by atoms with van der Waals surface area (Å²) < 4.78 is 2.08. The zero-order valence-electron chi connectivity index (χ0n) is 16.7. The van der Waals surface area contributed by atoms with Crippen molar-refractivity contribution in [3.05, 3.63) is 64.1 Å². The molecule has 2 aromatic heterocycles. The highest BCUT2D eigenvalue weighted by molar-refractivity contribution is 6.30. The summed E-state index contributed by atoms with van der Waals surface area (Å²) >= 11 is 6.03. The second-order valence-corrected chi connectivity index (χ2v) is 8.09. The molecule has 0 amide bonds. The maximum Gasteiger partial charge on any atom is 0.159 e. The molecule has 4 rings (SSSR count). The SMILES string of the molecule is CCNCc1c(C)nn2c(C3CCCN(Cc4ccc(Cl)cc4)C3)ccnc12. The molecule has 0 bridgehead atoms. The lowest BCUT2D eigenvalue weighted by Crippen LogP contribution is -2.34. The normalized spacial score (nSPS) is 18.0. The molecule has 1 aliphatic heterocycles. The first-order valence-electron chi connectivity index (χ1n) is 10.2. The van der Waals surface area contributed by atoms with Crippen LogP contribution in [-0.4, -0.2) is 39.1 Å². The van der Waals surface area contributed by atoms with E-state index in [1.807, 2.05) is 18.3 Å². The maximum atomic E-state index is 6.03. The zero-order valence-corrected chi connectivity index (χ0v) is 17.4. The molecule has 0 aliphatic carbocycles. The van der Waals surface area contributed by atoms with E-state index in [0.29, 0.717) is 5.92 Å². The Kier molecular flexibility index (Phi) is 5.95. The Morgan fingerprint density at radius 3 is 2.82 bits per heavy atom. The van der Waals surface area contributed by atoms with Crippen molar-refractivity contribution in [3.63, 3.8) is 0 Å². The van der Waals surface area contributed by atoms with Gasteiger partial charge in [0, 0.05) is 42.3 Å². The van der Waals surface area contributed by atoms with Crippen LogP contribution in [0.1, 0.15) is 48.2 Å². The Bertz CT molecular complexity index is 934. The van der Waals surface area contributed by atoms with Crippen molar-refractivity contribution < 1.29 is 0 Å². The van der Waals surface area contributed by atoms with Crippen LogP contribution in [0, 0.1) is 6.92 Å². The molecule has 1 unspecified atom stereocenters. The van der Waals surface area contributed by atoms with Gasteiger partial charge < -0.3 is 5.32 Å². The minimum Gasteiger partial charge on any atom is -0.313 e. The van der Waals surface area contributed by atoms with E-state index in [-0.39, 0.29) is 0 Å². The lowest BCUT2D eigenvalue weighted by Gasteiger charge is -2.33. The molecule has 1 aromatic carbocycles. The van der Waals surface area contributed by atoms with Gasteiger partial charge in [0.15, 0.2) is 5.65 Å². The molecular formula is C22H28ClN5. The van der Waals surface area contributed by atoms with Crippen LogP contribution in [0.4, 0.5) is 0 Å². The maximum absolute atomic E-state index is 6.03. The molecule has 5 nitrogen and oxygen atoms in total. The average molecular weight is 398 g/mol. The first kappa shape index (κ1) is 19.4. The number of aromatic nitrogens is 3. The zero-order chi connectivity index (χ0) is 19.5. The number of likely N-dealkylation sites (tertiary alicyclic amines) is 1. The van der Waals surface area contributed by atoms with Crippen molar-refractivity contribution in [2.24, 2.45) is 0 Å². The van der Waals surface area contributed by atoms with E-state index < -0.39 is 0 Å². The van der Waals surface area contributed by atoms with E-state index in [1.54, 1.807) is 0 Å². The molecule has 1 atom stereocenters. The number of hydrogen-bond donors (Lipinski definition) is 1. The first-order chi connectivity index (χ1) is 13.7. The van der Waals surface area contributed by atoms with Crippen molar-refractivity contribution in [3.8, 4) is 0 Å². The fraction of sp³-hybridized carbons (Fsp3) is 0.455. The number of aryl methyl sites for hydroxylation is 1. The third-order valence-electron chi connectivity index (χ3n) is 5.64. The van der Waals surface area contributed by atoms with Crippen molar-refractivity contribution in [2.45, 2.75) is 45.7 Å². The molecule has 1 N–H and O–H groups in total. The van der Waals surface area contributed by atoms with Crippen LogP contribution in [0.2, 0.25) is 5.02 Å². The summed E-state index contributed by atoms with van der Waals surface area (Å²) in [5.41, 5.74) is 5.85. The van der Waals surface area contributed by atoms with Gasteiger partial charge >= 0.3 is 0 Å². The third kappa shape index (κ3) is 4.07. The van der Waals surface area contributed by atoms with E-state index >= 15 is 0 Å². The second-order valence-electron chi connectivity index (χ2n) is 7.65. The van der Waals surface area contributed by atoms with Gasteiger partial charge in [0.2, 0.25) is 0 Å². The topological polar surface area (TPSA) is 45.5 Å². The molecule has 28 heavy (non-hydrogen) atoms. The Hall–Kier alpha value is -1.95. The Labute approximate surface area is 171 Å². The van der Waals surface area contributed by atoms with Crippen LogP contribution in [-0.2, 0) is 13.1 Å². The van der Waals surface area contributed by atoms with Crippen molar-refractivity contribution >= 4 is 17.2 Å². The van der Waals surface area contributed by atoms with Crippen LogP contribution < -0.4 is 5.32 Å². The van der Waals surface area contributed by atoms with Crippen molar-refractivity contribution in [1.29, 1.82) is 0 Å². The Balaban J connectivity index is 1.56. The fourth-order valence-electron chi connectivity index (χ4n) is 4.17. The quantitative estimate of drug-likeness (QED) is 0.677. The highest BCUT2D eigenvalue weighted by Crippen LogP contribution is 2.29. The van der Waals surface area contributed by atoms with Gasteiger partial charge in [0.1, 0.15) is 0 Å². The summed E-state index contributed by atoms with van der Waals surface area (Å²) in [6, 6.07) is 10.3. The molecule has 1 aliphatic rings. The minimum absolute atomic E-state index is 0.470. The summed E-state index contributed by atoms with van der Waals surface area (Å²) in [4.78, 5) is 7.18.